The number of carboxylic acid groups (broad SMARTS) is 1. The number of aliphatic carboxylic acids is 1. The van der Waals surface area contributed by atoms with Crippen LogP contribution in [-0.2, 0) is 45.3 Å². The van der Waals surface area contributed by atoms with Gasteiger partial charge in [0.2, 0.25) is 23.6 Å². The summed E-state index contributed by atoms with van der Waals surface area (Å²) in [6.07, 6.45) is 1.77. The largest absolute Gasteiger partial charge is 0.480 e. The van der Waals surface area contributed by atoms with Gasteiger partial charge in [-0.2, -0.15) is 0 Å². The summed E-state index contributed by atoms with van der Waals surface area (Å²) in [5.74, 6) is -3.51. The molecule has 0 radical (unpaired) electrons. The highest BCUT2D eigenvalue weighted by Crippen LogP contribution is 2.48. The Hall–Kier alpha value is -5.71. The van der Waals surface area contributed by atoms with Crippen LogP contribution in [0.3, 0.4) is 0 Å². The van der Waals surface area contributed by atoms with E-state index in [1.165, 1.54) is 9.80 Å². The number of nitrogens with one attached hydrogen (secondary N) is 4. The van der Waals surface area contributed by atoms with Crippen LogP contribution in [0.25, 0.3) is 0 Å². The molecule has 3 atom stereocenters. The van der Waals surface area contributed by atoms with E-state index in [1.807, 2.05) is 74.5 Å². The van der Waals surface area contributed by atoms with Crippen LogP contribution < -0.4 is 27.0 Å². The first-order chi connectivity index (χ1) is 30.9. The Labute approximate surface area is 389 Å². The SMILES string of the molecule is CC(C)C[C@@H](NC(=O)[C@@H](Cc1ccccc1)NC(=O)CN(CC1(c2ccccc2)CC1)C(=O)OC(C)(C)C)C(=O)N[C@H](CCCCNC(=O)OC(C)(C)C)C(=O)N1CCC(N)(C(=O)O)CC1. The van der Waals surface area contributed by atoms with Gasteiger partial charge >= 0.3 is 18.2 Å². The molecule has 17 heteroatoms. The normalized spacial score (nSPS) is 16.7. The molecule has 1 saturated carbocycles. The Morgan fingerprint density at radius 3 is 1.86 bits per heavy atom. The fourth-order valence-corrected chi connectivity index (χ4v) is 7.87. The third-order valence-corrected chi connectivity index (χ3v) is 11.6. The summed E-state index contributed by atoms with van der Waals surface area (Å²) in [4.78, 5) is 97.4. The molecule has 364 valence electrons. The van der Waals surface area contributed by atoms with E-state index in [0.29, 0.717) is 12.8 Å². The molecule has 4 rings (SSSR count). The predicted molar refractivity (Wildman–Crippen MR) is 249 cm³/mol. The fraction of sp³-hybridized carbons (Fsp3) is 0.612. The monoisotopic (exact) mass is 920 g/mol. The van der Waals surface area contributed by atoms with Gasteiger partial charge in [0.05, 0.1) is 0 Å². The maximum atomic E-state index is 14.4. The highest BCUT2D eigenvalue weighted by molar-refractivity contribution is 5.95. The van der Waals surface area contributed by atoms with Crippen molar-refractivity contribution < 1.29 is 48.1 Å². The molecule has 2 aromatic carbocycles. The number of nitrogens with zero attached hydrogens (tertiary/aromatic N) is 2. The predicted octanol–water partition coefficient (Wildman–Crippen LogP) is 4.80. The van der Waals surface area contributed by atoms with Crippen LogP contribution in [0.2, 0.25) is 0 Å². The number of hydrogen-bond donors (Lipinski definition) is 6. The maximum Gasteiger partial charge on any atom is 0.410 e. The molecule has 0 unspecified atom stereocenters. The average molecular weight is 920 g/mol. The van der Waals surface area contributed by atoms with E-state index in [1.54, 1.807) is 41.5 Å². The van der Waals surface area contributed by atoms with Crippen molar-refractivity contribution >= 4 is 41.8 Å². The number of carbonyl (C=O) groups excluding carboxylic acids is 6. The zero-order valence-corrected chi connectivity index (χ0v) is 40.1. The van der Waals surface area contributed by atoms with E-state index in [0.717, 1.165) is 24.0 Å². The van der Waals surface area contributed by atoms with Gasteiger partial charge in [-0.15, -0.1) is 0 Å². The van der Waals surface area contributed by atoms with Crippen molar-refractivity contribution in [3.05, 3.63) is 71.8 Å². The number of amides is 6. The third kappa shape index (κ3) is 16.9. The third-order valence-electron chi connectivity index (χ3n) is 11.6. The van der Waals surface area contributed by atoms with Crippen molar-refractivity contribution in [3.8, 4) is 0 Å². The van der Waals surface area contributed by atoms with E-state index < -0.39 is 76.7 Å². The number of alkyl carbamates (subject to hydrolysis) is 1. The van der Waals surface area contributed by atoms with Gasteiger partial charge in [0.1, 0.15) is 41.4 Å². The van der Waals surface area contributed by atoms with Crippen LogP contribution in [0.5, 0.6) is 0 Å². The number of hydrogen-bond acceptors (Lipinski definition) is 10. The molecule has 2 aliphatic rings. The van der Waals surface area contributed by atoms with Gasteiger partial charge in [0, 0.05) is 38.0 Å². The molecule has 17 nitrogen and oxygen atoms in total. The standard InChI is InChI=1S/C49H73N7O10/c1-33(2)29-37(40(58)53-36(21-15-16-26-51-44(63)65-46(3,4)5)42(60)55-27-24-49(50,25-28-55)43(61)62)54-41(59)38(30-34-17-11-9-12-18-34)52-39(57)31-56(45(64)66-47(6,7)8)32-48(22-23-48)35-19-13-10-14-20-35/h9-14,17-20,33,36-38H,15-16,21-32,50H2,1-8H3,(H,51,63)(H,52,57)(H,53,58)(H,54,59)(H,61,62)/t36-,37-,38-/m1/s1. The van der Waals surface area contributed by atoms with Crippen LogP contribution >= 0.6 is 0 Å². The van der Waals surface area contributed by atoms with Crippen molar-refractivity contribution in [1.82, 2.24) is 31.1 Å². The lowest BCUT2D eigenvalue weighted by Crippen LogP contribution is -2.60. The Morgan fingerprint density at radius 1 is 0.758 bits per heavy atom. The van der Waals surface area contributed by atoms with Gasteiger partial charge in [-0.05, 0) is 110 Å². The first-order valence-corrected chi connectivity index (χ1v) is 23.1. The molecule has 66 heavy (non-hydrogen) atoms. The molecule has 6 amide bonds. The first kappa shape index (κ1) is 52.9. The van der Waals surface area contributed by atoms with E-state index >= 15 is 0 Å². The first-order valence-electron chi connectivity index (χ1n) is 23.1. The Balaban J connectivity index is 1.53. The minimum atomic E-state index is -1.48. The number of benzene rings is 2. The van der Waals surface area contributed by atoms with Crippen LogP contribution in [0.1, 0.15) is 118 Å². The molecule has 2 fully saturated rings. The second kappa shape index (κ2) is 23.1. The van der Waals surface area contributed by atoms with E-state index in [-0.39, 0.29) is 76.2 Å². The number of carbonyl (C=O) groups is 7. The van der Waals surface area contributed by atoms with Crippen molar-refractivity contribution in [3.63, 3.8) is 0 Å². The number of unbranched alkanes of at least 4 members (excludes halogenated alkanes) is 1. The maximum absolute atomic E-state index is 14.4. The number of piperidine rings is 1. The fourth-order valence-electron chi connectivity index (χ4n) is 7.87. The quantitative estimate of drug-likeness (QED) is 0.0931. The molecule has 0 spiro atoms. The topological polar surface area (TPSA) is 239 Å². The van der Waals surface area contributed by atoms with Crippen molar-refractivity contribution in [2.24, 2.45) is 11.7 Å². The van der Waals surface area contributed by atoms with Crippen LogP contribution in [0.4, 0.5) is 9.59 Å². The summed E-state index contributed by atoms with van der Waals surface area (Å²) in [7, 11) is 0. The van der Waals surface area contributed by atoms with E-state index in [4.69, 9.17) is 15.2 Å². The van der Waals surface area contributed by atoms with Gasteiger partial charge < -0.3 is 46.5 Å². The number of carboxylic acids is 1. The zero-order chi connectivity index (χ0) is 48.9. The average Bonchev–Trinajstić information content (AvgIpc) is 4.02. The number of rotatable bonds is 21. The molecule has 1 aliphatic carbocycles. The molecule has 7 N–H and O–H groups in total. The van der Waals surface area contributed by atoms with Gasteiger partial charge in [-0.1, -0.05) is 74.5 Å². The van der Waals surface area contributed by atoms with Gasteiger partial charge in [-0.25, -0.2) is 9.59 Å². The Kier molecular flexibility index (Phi) is 18.6. The second-order valence-corrected chi connectivity index (χ2v) is 20.3. The Morgan fingerprint density at radius 2 is 1.32 bits per heavy atom. The smallest absolute Gasteiger partial charge is 0.410 e. The van der Waals surface area contributed by atoms with E-state index in [2.05, 4.69) is 21.3 Å². The lowest BCUT2D eigenvalue weighted by atomic mass is 9.88. The summed E-state index contributed by atoms with van der Waals surface area (Å²) in [6, 6.07) is 15.6. The molecular formula is C49H73N7O10. The van der Waals surface area contributed by atoms with Gasteiger partial charge in [-0.3, -0.25) is 28.9 Å². The second-order valence-electron chi connectivity index (χ2n) is 20.3. The number of ether oxygens (including phenoxy) is 2. The molecular weight excluding hydrogens is 847 g/mol. The summed E-state index contributed by atoms with van der Waals surface area (Å²) in [6.45, 7) is 14.5. The highest BCUT2D eigenvalue weighted by atomic mass is 16.6. The zero-order valence-electron chi connectivity index (χ0n) is 40.1. The van der Waals surface area contributed by atoms with Gasteiger partial charge in [0.15, 0.2) is 0 Å². The molecule has 2 aromatic rings. The lowest BCUT2D eigenvalue weighted by Gasteiger charge is -2.38. The summed E-state index contributed by atoms with van der Waals surface area (Å²) >= 11 is 0. The summed E-state index contributed by atoms with van der Waals surface area (Å²) in [5.41, 5.74) is 4.57. The molecule has 1 saturated heterocycles. The van der Waals surface area contributed by atoms with Crippen LogP contribution in [0.15, 0.2) is 60.7 Å². The Bertz CT molecular complexity index is 1970. The number of likely N-dealkylation sites (tertiary alicyclic amines) is 1. The van der Waals surface area contributed by atoms with Crippen molar-refractivity contribution in [2.45, 2.75) is 153 Å². The van der Waals surface area contributed by atoms with Gasteiger partial charge in [0.25, 0.3) is 0 Å². The minimum absolute atomic E-state index is 0.0263. The number of nitrogens with two attached hydrogens (primary N) is 1. The van der Waals surface area contributed by atoms with Crippen molar-refractivity contribution in [1.29, 1.82) is 0 Å². The van der Waals surface area contributed by atoms with E-state index in [9.17, 15) is 38.7 Å². The minimum Gasteiger partial charge on any atom is -0.480 e. The highest BCUT2D eigenvalue weighted by Gasteiger charge is 2.47. The lowest BCUT2D eigenvalue weighted by molar-refractivity contribution is -0.148. The summed E-state index contributed by atoms with van der Waals surface area (Å²) in [5, 5.41) is 21.0. The molecule has 0 aromatic heterocycles. The van der Waals surface area contributed by atoms with Crippen LogP contribution in [0, 0.1) is 5.92 Å². The molecule has 0 bridgehead atoms. The van der Waals surface area contributed by atoms with Crippen LogP contribution in [-0.4, -0.2) is 124 Å². The van der Waals surface area contributed by atoms with Crippen molar-refractivity contribution in [2.75, 3.05) is 32.7 Å². The summed E-state index contributed by atoms with van der Waals surface area (Å²) < 4.78 is 11.1. The molecule has 1 heterocycles. The molecule has 1 aliphatic heterocycles.